The summed E-state index contributed by atoms with van der Waals surface area (Å²) in [7, 11) is 1.52. The minimum atomic E-state index is -0.593. The van der Waals surface area contributed by atoms with Crippen LogP contribution in [0.3, 0.4) is 0 Å². The Morgan fingerprint density at radius 2 is 2.04 bits per heavy atom. The highest BCUT2D eigenvalue weighted by molar-refractivity contribution is 6.31. The molecule has 1 heterocycles. The Morgan fingerprint density at radius 1 is 1.33 bits per heavy atom. The van der Waals surface area contributed by atoms with Crippen molar-refractivity contribution in [3.05, 3.63) is 69.0 Å². The molecule has 24 heavy (non-hydrogen) atoms. The van der Waals surface area contributed by atoms with Gasteiger partial charge in [0.25, 0.3) is 11.6 Å². The summed E-state index contributed by atoms with van der Waals surface area (Å²) in [5.41, 5.74) is 0.540. The second kappa shape index (κ2) is 8.37. The standard InChI is InChI=1S/C16H16ClN3O4/c1-24-9-8-19(11-12-4-6-18-7-5-12)16(21)14-10-13(17)2-3-15(14)20(22)23/h2-7,10H,8-9,11H2,1H3. The van der Waals surface area contributed by atoms with Gasteiger partial charge in [-0.3, -0.25) is 19.9 Å². The number of nitrogens with zero attached hydrogens (tertiary/aromatic N) is 3. The molecule has 0 atom stereocenters. The van der Waals surface area contributed by atoms with Gasteiger partial charge in [0.1, 0.15) is 5.56 Å². The first-order valence-corrected chi connectivity index (χ1v) is 7.51. The number of aromatic nitrogens is 1. The highest BCUT2D eigenvalue weighted by Gasteiger charge is 2.25. The second-order valence-electron chi connectivity index (χ2n) is 4.99. The number of carbonyl (C=O) groups is 1. The lowest BCUT2D eigenvalue weighted by molar-refractivity contribution is -0.385. The zero-order valence-corrected chi connectivity index (χ0v) is 13.8. The van der Waals surface area contributed by atoms with Crippen LogP contribution in [0.4, 0.5) is 5.69 Å². The Balaban J connectivity index is 2.33. The van der Waals surface area contributed by atoms with E-state index in [4.69, 9.17) is 16.3 Å². The van der Waals surface area contributed by atoms with Crippen molar-refractivity contribution < 1.29 is 14.5 Å². The number of methoxy groups -OCH3 is 1. The van der Waals surface area contributed by atoms with Crippen LogP contribution in [0.1, 0.15) is 15.9 Å². The van der Waals surface area contributed by atoms with E-state index < -0.39 is 10.8 Å². The van der Waals surface area contributed by atoms with Gasteiger partial charge in [-0.15, -0.1) is 0 Å². The number of nitro groups is 1. The number of nitro benzene ring substituents is 1. The fourth-order valence-corrected chi connectivity index (χ4v) is 2.34. The van der Waals surface area contributed by atoms with Gasteiger partial charge in [0.15, 0.2) is 0 Å². The van der Waals surface area contributed by atoms with Gasteiger partial charge in [0.05, 0.1) is 11.5 Å². The molecule has 2 aromatic rings. The van der Waals surface area contributed by atoms with Gasteiger partial charge in [0, 0.05) is 43.7 Å². The molecule has 0 fully saturated rings. The molecule has 0 aliphatic carbocycles. The van der Waals surface area contributed by atoms with E-state index in [1.165, 1.54) is 30.2 Å². The molecule has 8 heteroatoms. The number of ether oxygens (including phenoxy) is 1. The molecule has 126 valence electrons. The minimum Gasteiger partial charge on any atom is -0.383 e. The van der Waals surface area contributed by atoms with Crippen molar-refractivity contribution >= 4 is 23.2 Å². The summed E-state index contributed by atoms with van der Waals surface area (Å²) in [6.45, 7) is 0.890. The maximum Gasteiger partial charge on any atom is 0.282 e. The number of carbonyl (C=O) groups excluding carboxylic acids is 1. The third kappa shape index (κ3) is 4.50. The Morgan fingerprint density at radius 3 is 2.67 bits per heavy atom. The molecule has 0 N–H and O–H groups in total. The van der Waals surface area contributed by atoms with Crippen LogP contribution >= 0.6 is 11.6 Å². The van der Waals surface area contributed by atoms with Crippen LogP contribution < -0.4 is 0 Å². The number of benzene rings is 1. The Kier molecular flexibility index (Phi) is 6.22. The molecule has 1 aromatic carbocycles. The fraction of sp³-hybridized carbons (Fsp3) is 0.250. The van der Waals surface area contributed by atoms with Crippen LogP contribution in [0, 0.1) is 10.1 Å². The zero-order valence-electron chi connectivity index (χ0n) is 13.0. The van der Waals surface area contributed by atoms with Gasteiger partial charge in [-0.2, -0.15) is 0 Å². The van der Waals surface area contributed by atoms with Crippen LogP contribution in [0.2, 0.25) is 5.02 Å². The third-order valence-corrected chi connectivity index (χ3v) is 3.60. The molecular weight excluding hydrogens is 334 g/mol. The average molecular weight is 350 g/mol. The summed E-state index contributed by atoms with van der Waals surface area (Å²) in [6, 6.07) is 7.49. The van der Waals surface area contributed by atoms with Crippen molar-refractivity contribution in [3.63, 3.8) is 0 Å². The van der Waals surface area contributed by atoms with E-state index in [0.29, 0.717) is 13.2 Å². The van der Waals surface area contributed by atoms with Gasteiger partial charge in [-0.05, 0) is 29.8 Å². The minimum absolute atomic E-state index is 0.0438. The van der Waals surface area contributed by atoms with Crippen molar-refractivity contribution in [1.82, 2.24) is 9.88 Å². The Labute approximate surface area is 144 Å². The van der Waals surface area contributed by atoms with Crippen LogP contribution in [-0.2, 0) is 11.3 Å². The smallest absolute Gasteiger partial charge is 0.282 e. The molecule has 0 saturated carbocycles. The SMILES string of the molecule is COCCN(Cc1ccncc1)C(=O)c1cc(Cl)ccc1[N+](=O)[O-]. The normalized spacial score (nSPS) is 10.4. The largest absolute Gasteiger partial charge is 0.383 e. The van der Waals surface area contributed by atoms with E-state index in [-0.39, 0.29) is 22.8 Å². The number of pyridine rings is 1. The highest BCUT2D eigenvalue weighted by atomic mass is 35.5. The third-order valence-electron chi connectivity index (χ3n) is 3.36. The Bertz CT molecular complexity index is 725. The van der Waals surface area contributed by atoms with Gasteiger partial charge in [0.2, 0.25) is 0 Å². The van der Waals surface area contributed by atoms with E-state index in [1.54, 1.807) is 24.5 Å². The first-order valence-electron chi connectivity index (χ1n) is 7.14. The molecule has 0 unspecified atom stereocenters. The molecule has 0 aliphatic rings. The van der Waals surface area contributed by atoms with Crippen molar-refractivity contribution in [2.75, 3.05) is 20.3 Å². The monoisotopic (exact) mass is 349 g/mol. The van der Waals surface area contributed by atoms with E-state index in [1.807, 2.05) is 0 Å². The van der Waals surface area contributed by atoms with Crippen molar-refractivity contribution in [2.24, 2.45) is 0 Å². The average Bonchev–Trinajstić information content (AvgIpc) is 2.58. The Hall–Kier alpha value is -2.51. The van der Waals surface area contributed by atoms with Crippen molar-refractivity contribution in [3.8, 4) is 0 Å². The van der Waals surface area contributed by atoms with Crippen LogP contribution in [0.25, 0.3) is 0 Å². The summed E-state index contributed by atoms with van der Waals surface area (Å²) in [4.78, 5) is 28.8. The lowest BCUT2D eigenvalue weighted by Crippen LogP contribution is -2.33. The van der Waals surface area contributed by atoms with E-state index >= 15 is 0 Å². The topological polar surface area (TPSA) is 85.6 Å². The summed E-state index contributed by atoms with van der Waals surface area (Å²) in [5, 5.41) is 11.5. The van der Waals surface area contributed by atoms with Crippen LogP contribution in [0.15, 0.2) is 42.7 Å². The predicted molar refractivity (Wildman–Crippen MR) is 89.0 cm³/mol. The van der Waals surface area contributed by atoms with E-state index in [9.17, 15) is 14.9 Å². The van der Waals surface area contributed by atoms with Gasteiger partial charge in [-0.25, -0.2) is 0 Å². The lowest BCUT2D eigenvalue weighted by Gasteiger charge is -2.22. The number of hydrogen-bond acceptors (Lipinski definition) is 5. The highest BCUT2D eigenvalue weighted by Crippen LogP contribution is 2.24. The van der Waals surface area contributed by atoms with Gasteiger partial charge in [-0.1, -0.05) is 11.6 Å². The quantitative estimate of drug-likeness (QED) is 0.566. The summed E-state index contributed by atoms with van der Waals surface area (Å²) >= 11 is 5.91. The molecule has 0 radical (unpaired) electrons. The van der Waals surface area contributed by atoms with Crippen molar-refractivity contribution in [1.29, 1.82) is 0 Å². The number of amides is 1. The molecule has 0 saturated heterocycles. The number of rotatable bonds is 7. The molecule has 1 amide bonds. The molecule has 0 spiro atoms. The molecule has 7 nitrogen and oxygen atoms in total. The molecule has 0 aliphatic heterocycles. The van der Waals surface area contributed by atoms with Crippen molar-refractivity contribution in [2.45, 2.75) is 6.54 Å². The van der Waals surface area contributed by atoms with Crippen LogP contribution in [-0.4, -0.2) is 41.0 Å². The first-order chi connectivity index (χ1) is 11.5. The lowest BCUT2D eigenvalue weighted by atomic mass is 10.1. The maximum absolute atomic E-state index is 12.8. The number of hydrogen-bond donors (Lipinski definition) is 0. The summed E-state index contributed by atoms with van der Waals surface area (Å²) in [5.74, 6) is -0.474. The second-order valence-corrected chi connectivity index (χ2v) is 5.43. The molecular formula is C16H16ClN3O4. The molecule has 2 rings (SSSR count). The van der Waals surface area contributed by atoms with E-state index in [0.717, 1.165) is 5.56 Å². The summed E-state index contributed by atoms with van der Waals surface area (Å²) in [6.07, 6.45) is 3.24. The van der Waals surface area contributed by atoms with E-state index in [2.05, 4.69) is 4.98 Å². The molecule has 0 bridgehead atoms. The van der Waals surface area contributed by atoms with Crippen LogP contribution in [0.5, 0.6) is 0 Å². The van der Waals surface area contributed by atoms with Gasteiger partial charge >= 0.3 is 0 Å². The summed E-state index contributed by atoms with van der Waals surface area (Å²) < 4.78 is 5.03. The fourth-order valence-electron chi connectivity index (χ4n) is 2.17. The predicted octanol–water partition coefficient (Wildman–Crippen LogP) is 2.93. The number of halogens is 1. The molecule has 1 aromatic heterocycles. The zero-order chi connectivity index (χ0) is 17.5. The maximum atomic E-state index is 12.8. The first kappa shape index (κ1) is 17.8. The van der Waals surface area contributed by atoms with Gasteiger partial charge < -0.3 is 9.64 Å².